The fourth-order valence-electron chi connectivity index (χ4n) is 4.55. The fraction of sp³-hybridized carbons (Fsp3) is 0.591. The maximum Gasteiger partial charge on any atom is 0.274 e. The lowest BCUT2D eigenvalue weighted by atomic mass is 9.71. The van der Waals surface area contributed by atoms with Crippen molar-refractivity contribution < 1.29 is 18.3 Å². The Morgan fingerprint density at radius 1 is 1.21 bits per heavy atom. The molecule has 1 spiro atoms. The summed E-state index contributed by atoms with van der Waals surface area (Å²) in [6, 6.07) is 7.51. The summed E-state index contributed by atoms with van der Waals surface area (Å²) in [5.41, 5.74) is -0.760. The Hall–Kier alpha value is -1.95. The molecule has 2 aliphatic rings. The molecule has 4 nitrogen and oxygen atoms in total. The van der Waals surface area contributed by atoms with Crippen LogP contribution in [0.25, 0.3) is 0 Å². The molecule has 2 N–H and O–H groups in total. The lowest BCUT2D eigenvalue weighted by molar-refractivity contribution is -0.130. The van der Waals surface area contributed by atoms with Gasteiger partial charge < -0.3 is 10.1 Å². The van der Waals surface area contributed by atoms with Crippen molar-refractivity contribution in [3.63, 3.8) is 0 Å². The third-order valence-electron chi connectivity index (χ3n) is 5.96. The average molecular weight is 392 g/mol. The Labute approximate surface area is 165 Å². The van der Waals surface area contributed by atoms with E-state index in [1.807, 2.05) is 52.0 Å². The van der Waals surface area contributed by atoms with E-state index in [1.54, 1.807) is 13.2 Å². The normalized spacial score (nSPS) is 23.5. The maximum atomic E-state index is 14.3. The third-order valence-corrected chi connectivity index (χ3v) is 5.96. The number of alkyl halides is 2. The van der Waals surface area contributed by atoms with Crippen LogP contribution in [0.4, 0.5) is 8.78 Å². The first-order valence-electron chi connectivity index (χ1n) is 9.71. The molecule has 0 radical (unpaired) electrons. The number of hydrogen-bond acceptors (Lipinski definition) is 3. The van der Waals surface area contributed by atoms with E-state index in [2.05, 4.69) is 10.6 Å². The molecule has 0 aromatic heterocycles. The highest BCUT2D eigenvalue weighted by molar-refractivity contribution is 5.82. The van der Waals surface area contributed by atoms with Gasteiger partial charge in [0.05, 0.1) is 7.11 Å². The molecule has 1 aromatic rings. The highest BCUT2D eigenvalue weighted by Gasteiger charge is 2.68. The molecule has 0 bridgehead atoms. The first-order valence-corrected chi connectivity index (χ1v) is 9.71. The number of ether oxygens (including phenoxy) is 1. The second-order valence-corrected chi connectivity index (χ2v) is 9.22. The van der Waals surface area contributed by atoms with Gasteiger partial charge in [-0.15, -0.1) is 0 Å². The van der Waals surface area contributed by atoms with Crippen molar-refractivity contribution in [2.75, 3.05) is 13.7 Å². The highest BCUT2D eigenvalue weighted by Crippen LogP contribution is 2.60. The minimum Gasteiger partial charge on any atom is -0.497 e. The molecule has 0 saturated carbocycles. The van der Waals surface area contributed by atoms with E-state index in [9.17, 15) is 13.6 Å². The average Bonchev–Trinajstić information content (AvgIpc) is 3.29. The first-order chi connectivity index (χ1) is 12.9. The number of nitrogens with one attached hydrogen (secondary N) is 2. The number of amides is 1. The minimum atomic E-state index is -2.75. The summed E-state index contributed by atoms with van der Waals surface area (Å²) >= 11 is 0. The molecule has 6 heteroatoms. The lowest BCUT2D eigenvalue weighted by Crippen LogP contribution is -2.45. The van der Waals surface area contributed by atoms with E-state index in [1.165, 1.54) is 0 Å². The van der Waals surface area contributed by atoms with Gasteiger partial charge in [-0.1, -0.05) is 45.9 Å². The van der Waals surface area contributed by atoms with Gasteiger partial charge in [0.2, 0.25) is 5.91 Å². The van der Waals surface area contributed by atoms with Gasteiger partial charge in [0, 0.05) is 24.9 Å². The quantitative estimate of drug-likeness (QED) is 0.688. The Balaban J connectivity index is 1.60. The van der Waals surface area contributed by atoms with Crippen molar-refractivity contribution >= 4 is 5.91 Å². The van der Waals surface area contributed by atoms with Crippen molar-refractivity contribution in [3.05, 3.63) is 41.5 Å². The summed E-state index contributed by atoms with van der Waals surface area (Å²) in [7, 11) is 1.61. The van der Waals surface area contributed by atoms with Crippen LogP contribution in [-0.2, 0) is 11.3 Å². The SMILES string of the molecule is COc1ccc(CNC(=O)C(C)(C)CC(C)(C)C2=CC23NCCC3(F)F)cc1. The number of hydrogen-bond donors (Lipinski definition) is 2. The van der Waals surface area contributed by atoms with Crippen LogP contribution >= 0.6 is 0 Å². The first kappa shape index (κ1) is 20.8. The summed E-state index contributed by atoms with van der Waals surface area (Å²) in [5.74, 6) is -2.07. The Bertz CT molecular complexity index is 784. The van der Waals surface area contributed by atoms with Crippen LogP contribution in [0, 0.1) is 10.8 Å². The van der Waals surface area contributed by atoms with E-state index in [-0.39, 0.29) is 12.3 Å². The topological polar surface area (TPSA) is 50.4 Å². The molecule has 1 aliphatic carbocycles. The second kappa shape index (κ2) is 6.83. The van der Waals surface area contributed by atoms with Crippen LogP contribution in [0.15, 0.2) is 35.9 Å². The summed E-state index contributed by atoms with van der Waals surface area (Å²) in [4.78, 5) is 12.8. The van der Waals surface area contributed by atoms with Gasteiger partial charge in [-0.05, 0) is 35.1 Å². The van der Waals surface area contributed by atoms with Crippen LogP contribution in [0.2, 0.25) is 0 Å². The predicted octanol–water partition coefficient (Wildman–Crippen LogP) is 4.06. The van der Waals surface area contributed by atoms with Gasteiger partial charge in [-0.3, -0.25) is 10.1 Å². The molecule has 154 valence electrons. The fourth-order valence-corrected chi connectivity index (χ4v) is 4.55. The predicted molar refractivity (Wildman–Crippen MR) is 105 cm³/mol. The summed E-state index contributed by atoms with van der Waals surface area (Å²) in [6.45, 7) is 8.36. The lowest BCUT2D eigenvalue weighted by Gasteiger charge is -2.36. The van der Waals surface area contributed by atoms with Crippen LogP contribution in [0.3, 0.4) is 0 Å². The van der Waals surface area contributed by atoms with Crippen LogP contribution in [0.1, 0.15) is 46.1 Å². The van der Waals surface area contributed by atoms with Gasteiger partial charge in [-0.2, -0.15) is 0 Å². The van der Waals surface area contributed by atoms with Crippen molar-refractivity contribution in [3.8, 4) is 5.75 Å². The summed E-state index contributed by atoms with van der Waals surface area (Å²) in [6.07, 6.45) is 2.00. The van der Waals surface area contributed by atoms with Gasteiger partial charge in [0.25, 0.3) is 5.92 Å². The zero-order valence-electron chi connectivity index (χ0n) is 17.3. The monoisotopic (exact) mass is 392 g/mol. The van der Waals surface area contributed by atoms with Crippen molar-refractivity contribution in [1.29, 1.82) is 0 Å². The summed E-state index contributed by atoms with van der Waals surface area (Å²) < 4.78 is 33.8. The van der Waals surface area contributed by atoms with E-state index >= 15 is 0 Å². The standard InChI is InChI=1S/C22H30F2N2O2/c1-19(2,17-12-21(17)22(23,24)10-11-26-21)14-20(3,4)18(27)25-13-15-6-8-16(28-5)9-7-15/h6-9,12,26H,10-11,13-14H2,1-5H3,(H,25,27). The number of methoxy groups -OCH3 is 1. The van der Waals surface area contributed by atoms with E-state index < -0.39 is 22.3 Å². The molecule has 1 aromatic carbocycles. The molecule has 28 heavy (non-hydrogen) atoms. The van der Waals surface area contributed by atoms with E-state index in [0.29, 0.717) is 19.5 Å². The Morgan fingerprint density at radius 3 is 2.39 bits per heavy atom. The molecule has 1 aliphatic heterocycles. The number of benzene rings is 1. The van der Waals surface area contributed by atoms with Gasteiger partial charge in [0.1, 0.15) is 11.3 Å². The second-order valence-electron chi connectivity index (χ2n) is 9.22. The molecule has 1 saturated heterocycles. The number of rotatable bonds is 7. The van der Waals surface area contributed by atoms with Crippen LogP contribution in [-0.4, -0.2) is 31.0 Å². The van der Waals surface area contributed by atoms with Crippen molar-refractivity contribution in [2.24, 2.45) is 10.8 Å². The number of carbonyl (C=O) groups excluding carboxylic acids is 1. The van der Waals surface area contributed by atoms with Crippen LogP contribution in [0.5, 0.6) is 5.75 Å². The minimum absolute atomic E-state index is 0.0853. The molecule has 1 amide bonds. The molecule has 3 rings (SSSR count). The number of carbonyl (C=O) groups is 1. The van der Waals surface area contributed by atoms with Crippen LogP contribution < -0.4 is 15.4 Å². The zero-order valence-corrected chi connectivity index (χ0v) is 17.3. The zero-order chi connectivity index (χ0) is 20.8. The number of halogens is 2. The largest absolute Gasteiger partial charge is 0.497 e. The maximum absolute atomic E-state index is 14.3. The van der Waals surface area contributed by atoms with Gasteiger partial charge in [0.15, 0.2) is 0 Å². The molecule has 1 heterocycles. The van der Waals surface area contributed by atoms with Crippen molar-refractivity contribution in [2.45, 2.75) is 58.5 Å². The smallest absolute Gasteiger partial charge is 0.274 e. The Kier molecular flexibility index (Phi) is 5.07. The Morgan fingerprint density at radius 2 is 1.86 bits per heavy atom. The third kappa shape index (κ3) is 3.66. The highest BCUT2D eigenvalue weighted by atomic mass is 19.3. The van der Waals surface area contributed by atoms with E-state index in [4.69, 9.17) is 4.74 Å². The molecule has 1 fully saturated rings. The van der Waals surface area contributed by atoms with Crippen molar-refractivity contribution in [1.82, 2.24) is 10.6 Å². The molecular weight excluding hydrogens is 362 g/mol. The van der Waals surface area contributed by atoms with Gasteiger partial charge in [-0.25, -0.2) is 8.78 Å². The molecule has 1 unspecified atom stereocenters. The molecule has 1 atom stereocenters. The molecular formula is C22H30F2N2O2. The van der Waals surface area contributed by atoms with E-state index in [0.717, 1.165) is 16.9 Å². The van der Waals surface area contributed by atoms with Gasteiger partial charge >= 0.3 is 0 Å². The summed E-state index contributed by atoms with van der Waals surface area (Å²) in [5, 5.41) is 5.94.